The fourth-order valence-corrected chi connectivity index (χ4v) is 1.49. The predicted molar refractivity (Wildman–Crippen MR) is 59.1 cm³/mol. The normalized spacial score (nSPS) is 12.3. The highest BCUT2D eigenvalue weighted by molar-refractivity contribution is 5.19. The first-order valence-electron chi connectivity index (χ1n) is 4.90. The Bertz CT molecular complexity index is 400. The van der Waals surface area contributed by atoms with Crippen LogP contribution in [0.1, 0.15) is 17.2 Å². The number of aromatic nitrogens is 2. The summed E-state index contributed by atoms with van der Waals surface area (Å²) in [6, 6.07) is 7.87. The van der Waals surface area contributed by atoms with Gasteiger partial charge in [-0.15, -0.1) is 0 Å². The van der Waals surface area contributed by atoms with Crippen LogP contribution in [0.15, 0.2) is 49.1 Å². The molecule has 2 heterocycles. The molecule has 0 aliphatic heterocycles. The first-order chi connectivity index (χ1) is 7.36. The second-order valence-corrected chi connectivity index (χ2v) is 3.45. The molecule has 0 fully saturated rings. The molecule has 0 aromatic carbocycles. The lowest BCUT2D eigenvalue weighted by atomic mass is 10.0. The van der Waals surface area contributed by atoms with Gasteiger partial charge in [0, 0.05) is 30.8 Å². The molecule has 3 nitrogen and oxygen atoms in total. The molecule has 3 heteroatoms. The highest BCUT2D eigenvalue weighted by atomic mass is 14.7. The summed E-state index contributed by atoms with van der Waals surface area (Å²) in [6.07, 6.45) is 7.94. The lowest BCUT2D eigenvalue weighted by Crippen LogP contribution is -2.13. The van der Waals surface area contributed by atoms with Crippen molar-refractivity contribution in [1.82, 2.24) is 9.97 Å². The maximum atomic E-state index is 6.07. The Balaban J connectivity index is 2.08. The van der Waals surface area contributed by atoms with E-state index < -0.39 is 0 Å². The molecule has 2 N–H and O–H groups in total. The minimum absolute atomic E-state index is 0.00102. The Kier molecular flexibility index (Phi) is 3.05. The number of pyridine rings is 2. The summed E-state index contributed by atoms with van der Waals surface area (Å²) < 4.78 is 0. The van der Waals surface area contributed by atoms with E-state index >= 15 is 0 Å². The van der Waals surface area contributed by atoms with Crippen LogP contribution in [0.4, 0.5) is 0 Å². The van der Waals surface area contributed by atoms with Crippen LogP contribution in [0.2, 0.25) is 0 Å². The average Bonchev–Trinajstić information content (AvgIpc) is 2.31. The Morgan fingerprint density at radius 1 is 1.07 bits per heavy atom. The maximum Gasteiger partial charge on any atom is 0.0351 e. The van der Waals surface area contributed by atoms with Gasteiger partial charge in [0.05, 0.1) is 0 Å². The summed E-state index contributed by atoms with van der Waals surface area (Å²) in [5.74, 6) is 0. The number of hydrogen-bond donors (Lipinski definition) is 1. The van der Waals surface area contributed by atoms with Crippen LogP contribution < -0.4 is 5.73 Å². The van der Waals surface area contributed by atoms with E-state index in [1.54, 1.807) is 18.6 Å². The molecule has 1 unspecified atom stereocenters. The topological polar surface area (TPSA) is 51.8 Å². The standard InChI is InChI=1S/C12H13N3/c13-12(11-2-1-5-15-9-11)8-10-3-6-14-7-4-10/h1-7,9,12H,8,13H2. The Labute approximate surface area is 89.0 Å². The zero-order chi connectivity index (χ0) is 10.5. The van der Waals surface area contributed by atoms with Crippen LogP contribution in [0, 0.1) is 0 Å². The summed E-state index contributed by atoms with van der Waals surface area (Å²) in [4.78, 5) is 8.03. The van der Waals surface area contributed by atoms with Crippen molar-refractivity contribution in [2.45, 2.75) is 12.5 Å². The molecular formula is C12H13N3. The second-order valence-electron chi connectivity index (χ2n) is 3.45. The van der Waals surface area contributed by atoms with Gasteiger partial charge in [0.2, 0.25) is 0 Å². The van der Waals surface area contributed by atoms with E-state index in [9.17, 15) is 0 Å². The van der Waals surface area contributed by atoms with Gasteiger partial charge >= 0.3 is 0 Å². The third kappa shape index (κ3) is 2.60. The van der Waals surface area contributed by atoms with Gasteiger partial charge in [-0.2, -0.15) is 0 Å². The van der Waals surface area contributed by atoms with Crippen molar-refractivity contribution >= 4 is 0 Å². The Hall–Kier alpha value is -1.74. The summed E-state index contributed by atoms with van der Waals surface area (Å²) in [5, 5.41) is 0. The molecule has 0 aliphatic carbocycles. The fraction of sp³-hybridized carbons (Fsp3) is 0.167. The smallest absolute Gasteiger partial charge is 0.0351 e. The van der Waals surface area contributed by atoms with Gasteiger partial charge in [-0.3, -0.25) is 9.97 Å². The lowest BCUT2D eigenvalue weighted by Gasteiger charge is -2.10. The molecule has 2 aromatic heterocycles. The van der Waals surface area contributed by atoms with E-state index in [-0.39, 0.29) is 6.04 Å². The van der Waals surface area contributed by atoms with E-state index in [2.05, 4.69) is 9.97 Å². The monoisotopic (exact) mass is 199 g/mol. The third-order valence-corrected chi connectivity index (χ3v) is 2.32. The van der Waals surface area contributed by atoms with Crippen molar-refractivity contribution in [3.05, 3.63) is 60.2 Å². The van der Waals surface area contributed by atoms with Crippen LogP contribution in [0.25, 0.3) is 0 Å². The van der Waals surface area contributed by atoms with Crippen molar-refractivity contribution in [2.75, 3.05) is 0 Å². The third-order valence-electron chi connectivity index (χ3n) is 2.32. The summed E-state index contributed by atoms with van der Waals surface area (Å²) >= 11 is 0. The first kappa shape index (κ1) is 9.80. The summed E-state index contributed by atoms with van der Waals surface area (Å²) in [7, 11) is 0. The van der Waals surface area contributed by atoms with Crippen molar-refractivity contribution in [3.63, 3.8) is 0 Å². The SMILES string of the molecule is NC(Cc1ccncc1)c1cccnc1. The predicted octanol–water partition coefficient (Wildman–Crippen LogP) is 1.72. The van der Waals surface area contributed by atoms with Crippen LogP contribution in [0.3, 0.4) is 0 Å². The Morgan fingerprint density at radius 3 is 2.53 bits per heavy atom. The highest BCUT2D eigenvalue weighted by Gasteiger charge is 2.06. The van der Waals surface area contributed by atoms with Crippen molar-refractivity contribution in [2.24, 2.45) is 5.73 Å². The molecule has 0 spiro atoms. The van der Waals surface area contributed by atoms with Gasteiger partial charge in [-0.1, -0.05) is 6.07 Å². The van der Waals surface area contributed by atoms with Gasteiger partial charge in [0.15, 0.2) is 0 Å². The minimum Gasteiger partial charge on any atom is -0.324 e. The minimum atomic E-state index is 0.00102. The van der Waals surface area contributed by atoms with Crippen LogP contribution in [-0.2, 0) is 6.42 Å². The molecule has 0 radical (unpaired) electrons. The van der Waals surface area contributed by atoms with Gasteiger partial charge in [-0.25, -0.2) is 0 Å². The van der Waals surface area contributed by atoms with E-state index in [1.165, 1.54) is 5.56 Å². The molecule has 2 aromatic rings. The molecule has 15 heavy (non-hydrogen) atoms. The number of hydrogen-bond acceptors (Lipinski definition) is 3. The van der Waals surface area contributed by atoms with Gasteiger partial charge in [0.1, 0.15) is 0 Å². The molecule has 0 saturated carbocycles. The van der Waals surface area contributed by atoms with Crippen LogP contribution >= 0.6 is 0 Å². The van der Waals surface area contributed by atoms with E-state index in [4.69, 9.17) is 5.73 Å². The van der Waals surface area contributed by atoms with Crippen LogP contribution in [0.5, 0.6) is 0 Å². The molecule has 0 bridgehead atoms. The number of nitrogens with zero attached hydrogens (tertiary/aromatic N) is 2. The quantitative estimate of drug-likeness (QED) is 0.818. The zero-order valence-corrected chi connectivity index (χ0v) is 8.38. The van der Waals surface area contributed by atoms with Gasteiger partial charge in [0.25, 0.3) is 0 Å². The molecule has 1 atom stereocenters. The molecule has 2 rings (SSSR count). The van der Waals surface area contributed by atoms with Crippen molar-refractivity contribution in [3.8, 4) is 0 Å². The van der Waals surface area contributed by atoms with Crippen LogP contribution in [-0.4, -0.2) is 9.97 Å². The molecule has 0 saturated heterocycles. The molecule has 76 valence electrons. The van der Waals surface area contributed by atoms with E-state index in [0.29, 0.717) is 0 Å². The van der Waals surface area contributed by atoms with E-state index in [1.807, 2.05) is 30.5 Å². The first-order valence-corrected chi connectivity index (χ1v) is 4.90. The van der Waals surface area contributed by atoms with Crippen molar-refractivity contribution < 1.29 is 0 Å². The second kappa shape index (κ2) is 4.66. The van der Waals surface area contributed by atoms with E-state index in [0.717, 1.165) is 12.0 Å². The number of nitrogens with two attached hydrogens (primary N) is 1. The zero-order valence-electron chi connectivity index (χ0n) is 8.38. The lowest BCUT2D eigenvalue weighted by molar-refractivity contribution is 0.717. The summed E-state index contributed by atoms with van der Waals surface area (Å²) in [5.41, 5.74) is 8.33. The Morgan fingerprint density at radius 2 is 1.87 bits per heavy atom. The number of rotatable bonds is 3. The molecular weight excluding hydrogens is 186 g/mol. The molecule has 0 aliphatic rings. The van der Waals surface area contributed by atoms with Gasteiger partial charge in [-0.05, 0) is 35.7 Å². The average molecular weight is 199 g/mol. The maximum absolute atomic E-state index is 6.07. The van der Waals surface area contributed by atoms with Crippen molar-refractivity contribution in [1.29, 1.82) is 0 Å². The fourth-order valence-electron chi connectivity index (χ4n) is 1.49. The van der Waals surface area contributed by atoms with Gasteiger partial charge < -0.3 is 5.73 Å². The highest BCUT2D eigenvalue weighted by Crippen LogP contribution is 2.13. The largest absolute Gasteiger partial charge is 0.324 e. The molecule has 0 amide bonds. The summed E-state index contributed by atoms with van der Waals surface area (Å²) in [6.45, 7) is 0.